The summed E-state index contributed by atoms with van der Waals surface area (Å²) in [6.07, 6.45) is 1.36. The first-order valence-electron chi connectivity index (χ1n) is 3.87. The zero-order valence-electron chi connectivity index (χ0n) is 6.72. The van der Waals surface area contributed by atoms with Crippen LogP contribution in [-0.4, -0.2) is 10.8 Å². The van der Waals surface area contributed by atoms with Crippen molar-refractivity contribution in [3.05, 3.63) is 28.0 Å². The van der Waals surface area contributed by atoms with Crippen LogP contribution in [0.4, 0.5) is 0 Å². The van der Waals surface area contributed by atoms with Gasteiger partial charge in [0.05, 0.1) is 16.4 Å². The molecule has 1 heterocycles. The Morgan fingerprint density at radius 1 is 1.50 bits per heavy atom. The third-order valence-corrected chi connectivity index (χ3v) is 2.50. The normalized spacial score (nSPS) is 15.0. The molecule has 0 fully saturated rings. The molecule has 1 aliphatic carbocycles. The number of ketones is 1. The largest absolute Gasteiger partial charge is 0.294 e. The number of aryl methyl sites for hydroxylation is 2. The van der Waals surface area contributed by atoms with E-state index in [2.05, 4.69) is 4.98 Å². The highest BCUT2D eigenvalue weighted by Crippen LogP contribution is 2.24. The number of pyridine rings is 1. The monoisotopic (exact) mass is 181 g/mol. The van der Waals surface area contributed by atoms with Gasteiger partial charge in [-0.3, -0.25) is 9.78 Å². The summed E-state index contributed by atoms with van der Waals surface area (Å²) in [4.78, 5) is 15.5. The lowest BCUT2D eigenvalue weighted by atomic mass is 10.2. The van der Waals surface area contributed by atoms with E-state index in [0.29, 0.717) is 17.0 Å². The molecule has 12 heavy (non-hydrogen) atoms. The van der Waals surface area contributed by atoms with Crippen LogP contribution in [0.5, 0.6) is 0 Å². The van der Waals surface area contributed by atoms with Crippen molar-refractivity contribution in [2.24, 2.45) is 0 Å². The topological polar surface area (TPSA) is 30.0 Å². The van der Waals surface area contributed by atoms with Crippen molar-refractivity contribution in [1.82, 2.24) is 4.98 Å². The third kappa shape index (κ3) is 1.03. The van der Waals surface area contributed by atoms with E-state index in [-0.39, 0.29) is 5.78 Å². The van der Waals surface area contributed by atoms with Crippen LogP contribution >= 0.6 is 11.6 Å². The molecular formula is C9H8ClNO. The first kappa shape index (κ1) is 7.74. The van der Waals surface area contributed by atoms with Crippen LogP contribution in [0.3, 0.4) is 0 Å². The molecule has 0 atom stereocenters. The minimum Gasteiger partial charge on any atom is -0.294 e. The summed E-state index contributed by atoms with van der Waals surface area (Å²) in [6, 6.07) is 1.73. The van der Waals surface area contributed by atoms with Gasteiger partial charge < -0.3 is 0 Å². The van der Waals surface area contributed by atoms with Crippen LogP contribution in [-0.2, 0) is 6.42 Å². The van der Waals surface area contributed by atoms with Gasteiger partial charge in [0.15, 0.2) is 5.78 Å². The van der Waals surface area contributed by atoms with Gasteiger partial charge in [-0.25, -0.2) is 0 Å². The summed E-state index contributed by atoms with van der Waals surface area (Å²) in [5.41, 5.74) is 2.43. The van der Waals surface area contributed by atoms with Crippen LogP contribution in [0.1, 0.15) is 28.2 Å². The van der Waals surface area contributed by atoms with Gasteiger partial charge >= 0.3 is 0 Å². The molecule has 1 aromatic heterocycles. The Morgan fingerprint density at radius 2 is 2.25 bits per heavy atom. The van der Waals surface area contributed by atoms with E-state index < -0.39 is 0 Å². The molecule has 0 bridgehead atoms. The standard InChI is InChI=1S/C9H8ClNO/c1-5-7(10)4-6-8(11-5)2-3-9(6)12/h4H,2-3H2,1H3. The van der Waals surface area contributed by atoms with Gasteiger partial charge in [-0.1, -0.05) is 11.6 Å². The smallest absolute Gasteiger partial charge is 0.165 e. The molecule has 0 amide bonds. The van der Waals surface area contributed by atoms with E-state index >= 15 is 0 Å². The van der Waals surface area contributed by atoms with E-state index in [1.165, 1.54) is 0 Å². The second-order valence-electron chi connectivity index (χ2n) is 2.97. The van der Waals surface area contributed by atoms with E-state index in [1.54, 1.807) is 6.07 Å². The summed E-state index contributed by atoms with van der Waals surface area (Å²) >= 11 is 5.84. The van der Waals surface area contributed by atoms with Crippen molar-refractivity contribution >= 4 is 17.4 Å². The average molecular weight is 182 g/mol. The molecule has 0 N–H and O–H groups in total. The van der Waals surface area contributed by atoms with Gasteiger partial charge in [0, 0.05) is 12.0 Å². The average Bonchev–Trinajstić information content (AvgIpc) is 2.35. The lowest BCUT2D eigenvalue weighted by Crippen LogP contribution is -1.95. The van der Waals surface area contributed by atoms with Gasteiger partial charge in [-0.15, -0.1) is 0 Å². The Labute approximate surface area is 75.6 Å². The summed E-state index contributed by atoms with van der Waals surface area (Å²) in [5, 5.41) is 0.587. The van der Waals surface area contributed by atoms with Crippen LogP contribution in [0.2, 0.25) is 5.02 Å². The maximum absolute atomic E-state index is 11.2. The fourth-order valence-corrected chi connectivity index (χ4v) is 1.58. The van der Waals surface area contributed by atoms with Crippen molar-refractivity contribution in [3.8, 4) is 0 Å². The number of hydrogen-bond acceptors (Lipinski definition) is 2. The molecular weight excluding hydrogens is 174 g/mol. The fourth-order valence-electron chi connectivity index (χ4n) is 1.43. The Bertz CT molecular complexity index is 360. The summed E-state index contributed by atoms with van der Waals surface area (Å²) in [7, 11) is 0. The second kappa shape index (κ2) is 2.56. The lowest BCUT2D eigenvalue weighted by Gasteiger charge is -2.00. The SMILES string of the molecule is Cc1nc2c(cc1Cl)C(=O)CC2. The lowest BCUT2D eigenvalue weighted by molar-refractivity contribution is 0.0994. The van der Waals surface area contributed by atoms with Crippen molar-refractivity contribution in [3.63, 3.8) is 0 Å². The highest BCUT2D eigenvalue weighted by atomic mass is 35.5. The van der Waals surface area contributed by atoms with E-state index in [4.69, 9.17) is 11.6 Å². The molecule has 0 aromatic carbocycles. The molecule has 0 radical (unpaired) electrons. The summed E-state index contributed by atoms with van der Waals surface area (Å²) in [6.45, 7) is 1.85. The van der Waals surface area contributed by atoms with Gasteiger partial charge in [0.25, 0.3) is 0 Å². The third-order valence-electron chi connectivity index (χ3n) is 2.12. The maximum atomic E-state index is 11.2. The molecule has 0 saturated heterocycles. The molecule has 62 valence electrons. The molecule has 0 spiro atoms. The first-order chi connectivity index (χ1) is 5.68. The van der Waals surface area contributed by atoms with Crippen molar-refractivity contribution in [2.75, 3.05) is 0 Å². The van der Waals surface area contributed by atoms with Crippen LogP contribution in [0, 0.1) is 6.92 Å². The quantitative estimate of drug-likeness (QED) is 0.614. The Balaban J connectivity index is 2.63. The Hall–Kier alpha value is -0.890. The van der Waals surface area contributed by atoms with Crippen molar-refractivity contribution in [1.29, 1.82) is 0 Å². The molecule has 1 aromatic rings. The second-order valence-corrected chi connectivity index (χ2v) is 3.38. The van der Waals surface area contributed by atoms with Crippen LogP contribution in [0.15, 0.2) is 6.07 Å². The number of rotatable bonds is 0. The van der Waals surface area contributed by atoms with Crippen molar-refractivity contribution < 1.29 is 4.79 Å². The minimum atomic E-state index is 0.166. The first-order valence-corrected chi connectivity index (χ1v) is 4.25. The molecule has 2 nitrogen and oxygen atoms in total. The van der Waals surface area contributed by atoms with Gasteiger partial charge in [0.2, 0.25) is 0 Å². The summed E-state index contributed by atoms with van der Waals surface area (Å²) < 4.78 is 0. The van der Waals surface area contributed by atoms with Crippen LogP contribution in [0.25, 0.3) is 0 Å². The highest BCUT2D eigenvalue weighted by molar-refractivity contribution is 6.31. The van der Waals surface area contributed by atoms with E-state index in [0.717, 1.165) is 17.8 Å². The van der Waals surface area contributed by atoms with Gasteiger partial charge in [-0.05, 0) is 19.4 Å². The predicted octanol–water partition coefficient (Wildman–Crippen LogP) is 2.17. The van der Waals surface area contributed by atoms with Gasteiger partial charge in [-0.2, -0.15) is 0 Å². The predicted molar refractivity (Wildman–Crippen MR) is 46.6 cm³/mol. The molecule has 3 heteroatoms. The summed E-state index contributed by atoms with van der Waals surface area (Å²) in [5.74, 6) is 0.166. The Morgan fingerprint density at radius 3 is 3.00 bits per heavy atom. The number of carbonyl (C=O) groups is 1. The van der Waals surface area contributed by atoms with Gasteiger partial charge in [0.1, 0.15) is 0 Å². The minimum absolute atomic E-state index is 0.166. The molecule has 0 saturated carbocycles. The molecule has 1 aliphatic rings. The number of hydrogen-bond donors (Lipinski definition) is 0. The molecule has 2 rings (SSSR count). The fraction of sp³-hybridized carbons (Fsp3) is 0.333. The van der Waals surface area contributed by atoms with E-state index in [1.807, 2.05) is 6.92 Å². The zero-order chi connectivity index (χ0) is 8.72. The molecule has 0 aliphatic heterocycles. The Kier molecular flexibility index (Phi) is 1.65. The number of Topliss-reactive ketones (excluding diaryl/α,β-unsaturated/α-hetero) is 1. The highest BCUT2D eigenvalue weighted by Gasteiger charge is 2.21. The number of fused-ring (bicyclic) bond motifs is 1. The van der Waals surface area contributed by atoms with E-state index in [9.17, 15) is 4.79 Å². The van der Waals surface area contributed by atoms with Crippen LogP contribution < -0.4 is 0 Å². The maximum Gasteiger partial charge on any atom is 0.165 e. The number of nitrogens with zero attached hydrogens (tertiary/aromatic N) is 1. The number of halogens is 1. The van der Waals surface area contributed by atoms with Crippen molar-refractivity contribution in [2.45, 2.75) is 19.8 Å². The number of aromatic nitrogens is 1. The zero-order valence-corrected chi connectivity index (χ0v) is 7.48. The number of carbonyl (C=O) groups excluding carboxylic acids is 1. The molecule has 0 unspecified atom stereocenters.